The van der Waals surface area contributed by atoms with E-state index in [0.717, 1.165) is 31.9 Å². The number of carbonyl (C=O) groups excluding carboxylic acids is 1. The van der Waals surface area contributed by atoms with Crippen molar-refractivity contribution < 1.29 is 24.1 Å². The van der Waals surface area contributed by atoms with Crippen LogP contribution in [0.25, 0.3) is 0 Å². The summed E-state index contributed by atoms with van der Waals surface area (Å²) in [5.74, 6) is -0.194. The molecule has 0 radical (unpaired) electrons. The van der Waals surface area contributed by atoms with Gasteiger partial charge in [-0.2, -0.15) is 4.94 Å². The number of fused-ring (bicyclic) bond motifs is 1. The van der Waals surface area contributed by atoms with Crippen molar-refractivity contribution in [2.75, 3.05) is 7.11 Å². The SMILES string of the molecule is CC[C@H]1C(=O)N[C@@]2(C(O)C3=CCCC=C3)C(C)O[C@@]12C.COF. The van der Waals surface area contributed by atoms with E-state index in [0.29, 0.717) is 0 Å². The summed E-state index contributed by atoms with van der Waals surface area (Å²) in [6, 6.07) is 0. The highest BCUT2D eigenvalue weighted by Gasteiger charge is 2.75. The van der Waals surface area contributed by atoms with Gasteiger partial charge in [0, 0.05) is 0 Å². The summed E-state index contributed by atoms with van der Waals surface area (Å²) in [5.41, 5.74) is -0.420. The second-order valence-corrected chi connectivity index (χ2v) is 6.43. The van der Waals surface area contributed by atoms with Crippen LogP contribution in [0.1, 0.15) is 40.0 Å². The maximum Gasteiger partial charge on any atom is 0.226 e. The van der Waals surface area contributed by atoms with Gasteiger partial charge >= 0.3 is 0 Å². The lowest BCUT2D eigenvalue weighted by molar-refractivity contribution is -0.287. The number of hydrogen-bond acceptors (Lipinski definition) is 4. The minimum absolute atomic E-state index is 0.00112. The van der Waals surface area contributed by atoms with E-state index in [9.17, 15) is 14.4 Å². The van der Waals surface area contributed by atoms with Crippen LogP contribution >= 0.6 is 0 Å². The first-order valence-corrected chi connectivity index (χ1v) is 8.08. The molecule has 3 aliphatic rings. The third-order valence-corrected chi connectivity index (χ3v) is 5.37. The number of ether oxygens (including phenoxy) is 1. The van der Waals surface area contributed by atoms with Crippen molar-refractivity contribution >= 4 is 5.91 Å². The second-order valence-electron chi connectivity index (χ2n) is 6.43. The van der Waals surface area contributed by atoms with Gasteiger partial charge in [0.25, 0.3) is 0 Å². The van der Waals surface area contributed by atoms with Crippen LogP contribution in [0.3, 0.4) is 0 Å². The molecule has 1 amide bonds. The summed E-state index contributed by atoms with van der Waals surface area (Å²) in [6.45, 7) is 5.87. The van der Waals surface area contributed by atoms with Crippen LogP contribution in [0.15, 0.2) is 23.8 Å². The monoisotopic (exact) mass is 327 g/mol. The molecule has 2 saturated heterocycles. The first-order valence-electron chi connectivity index (χ1n) is 8.08. The zero-order valence-electron chi connectivity index (χ0n) is 14.1. The smallest absolute Gasteiger partial charge is 0.226 e. The molecule has 0 aromatic heterocycles. The normalized spacial score (nSPS) is 39.4. The second kappa shape index (κ2) is 6.71. The van der Waals surface area contributed by atoms with E-state index in [-0.39, 0.29) is 17.9 Å². The van der Waals surface area contributed by atoms with E-state index in [2.05, 4.69) is 22.4 Å². The number of aliphatic hydroxyl groups is 1. The first kappa shape index (κ1) is 18.1. The van der Waals surface area contributed by atoms with Crippen LogP contribution in [0.5, 0.6) is 0 Å². The van der Waals surface area contributed by atoms with Crippen LogP contribution in [0, 0.1) is 5.92 Å². The number of nitrogens with one attached hydrogen (secondary N) is 1. The van der Waals surface area contributed by atoms with Gasteiger partial charge in [0.2, 0.25) is 5.91 Å². The summed E-state index contributed by atoms with van der Waals surface area (Å²) in [6.07, 6.45) is 7.89. The molecule has 130 valence electrons. The van der Waals surface area contributed by atoms with Gasteiger partial charge in [0.1, 0.15) is 17.2 Å². The predicted molar refractivity (Wildman–Crippen MR) is 84.2 cm³/mol. The molecule has 3 rings (SSSR count). The number of amides is 1. The summed E-state index contributed by atoms with van der Waals surface area (Å²) >= 11 is 0. The lowest BCUT2D eigenvalue weighted by Gasteiger charge is -2.60. The van der Waals surface area contributed by atoms with E-state index in [1.807, 2.05) is 26.8 Å². The predicted octanol–water partition coefficient (Wildman–Crippen LogP) is 2.21. The third-order valence-electron chi connectivity index (χ3n) is 5.37. The molecule has 0 bridgehead atoms. The number of rotatable bonds is 3. The maximum atomic E-state index is 12.3. The third kappa shape index (κ3) is 2.53. The number of aliphatic hydroxyl groups excluding tert-OH is 1. The van der Waals surface area contributed by atoms with Gasteiger partial charge in [-0.25, -0.2) is 0 Å². The lowest BCUT2D eigenvalue weighted by Crippen LogP contribution is -2.80. The van der Waals surface area contributed by atoms with E-state index in [1.54, 1.807) is 0 Å². The Morgan fingerprint density at radius 2 is 2.22 bits per heavy atom. The number of halogens is 1. The summed E-state index contributed by atoms with van der Waals surface area (Å²) in [7, 11) is 0.958. The summed E-state index contributed by atoms with van der Waals surface area (Å²) in [5, 5.41) is 14.0. The fraction of sp³-hybridized carbons (Fsp3) is 0.706. The first-order chi connectivity index (χ1) is 10.9. The van der Waals surface area contributed by atoms with Crippen molar-refractivity contribution in [2.45, 2.75) is 63.4 Å². The van der Waals surface area contributed by atoms with Gasteiger partial charge in [0.15, 0.2) is 0 Å². The van der Waals surface area contributed by atoms with Crippen LogP contribution in [0.4, 0.5) is 4.53 Å². The molecule has 2 fully saturated rings. The van der Waals surface area contributed by atoms with E-state index in [4.69, 9.17) is 4.74 Å². The van der Waals surface area contributed by atoms with Crippen molar-refractivity contribution in [2.24, 2.45) is 5.92 Å². The average Bonchev–Trinajstić information content (AvgIpc) is 2.71. The lowest BCUT2D eigenvalue weighted by atomic mass is 9.63. The van der Waals surface area contributed by atoms with Crippen molar-refractivity contribution in [1.29, 1.82) is 0 Å². The Labute approximate surface area is 136 Å². The fourth-order valence-corrected chi connectivity index (χ4v) is 4.28. The van der Waals surface area contributed by atoms with E-state index in [1.165, 1.54) is 0 Å². The van der Waals surface area contributed by atoms with Gasteiger partial charge in [0.05, 0.1) is 19.1 Å². The van der Waals surface area contributed by atoms with Crippen molar-refractivity contribution in [3.8, 4) is 0 Å². The summed E-state index contributed by atoms with van der Waals surface area (Å²) in [4.78, 5) is 15.0. The molecule has 2 unspecified atom stereocenters. The molecule has 2 aliphatic heterocycles. The van der Waals surface area contributed by atoms with Crippen LogP contribution in [0.2, 0.25) is 0 Å². The Morgan fingerprint density at radius 3 is 2.70 bits per heavy atom. The molecule has 2 N–H and O–H groups in total. The fourth-order valence-electron chi connectivity index (χ4n) is 4.28. The number of carbonyl (C=O) groups is 1. The molecule has 2 heterocycles. The standard InChI is InChI=1S/C16H23NO3.CH3FO/c1-4-12-14(19)17-16(10(2)20-15(12,16)3)13(18)11-8-6-5-7-9-11;1-3-2/h6,8-10,12-13,18H,4-5,7H2,1-3H3,(H,17,19);1H3/t10?,12-,13?,15-,16+;/m0./s1. The summed E-state index contributed by atoms with van der Waals surface area (Å²) < 4.78 is 15.7. The molecule has 5 atom stereocenters. The van der Waals surface area contributed by atoms with Gasteiger partial charge in [-0.1, -0.05) is 25.2 Å². The van der Waals surface area contributed by atoms with Gasteiger partial charge in [-0.3, -0.25) is 4.79 Å². The Bertz CT molecular complexity index is 521. The van der Waals surface area contributed by atoms with E-state index >= 15 is 0 Å². The van der Waals surface area contributed by atoms with Crippen LogP contribution in [-0.4, -0.2) is 41.5 Å². The largest absolute Gasteiger partial charge is 0.386 e. The molecule has 0 aromatic carbocycles. The Morgan fingerprint density at radius 1 is 1.57 bits per heavy atom. The molecule has 1 aliphatic carbocycles. The molecule has 0 aromatic rings. The van der Waals surface area contributed by atoms with Crippen molar-refractivity contribution in [3.63, 3.8) is 0 Å². The highest BCUT2D eigenvalue weighted by Crippen LogP contribution is 2.55. The molecule has 5 nitrogen and oxygen atoms in total. The molecular weight excluding hydrogens is 301 g/mol. The molecular formula is C17H26FNO4. The molecule has 0 spiro atoms. The topological polar surface area (TPSA) is 67.8 Å². The molecule has 23 heavy (non-hydrogen) atoms. The highest BCUT2D eigenvalue weighted by molar-refractivity contribution is 5.86. The zero-order valence-corrected chi connectivity index (χ0v) is 14.1. The van der Waals surface area contributed by atoms with Gasteiger partial charge < -0.3 is 15.2 Å². The quantitative estimate of drug-likeness (QED) is 0.834. The maximum absolute atomic E-state index is 12.3. The Balaban J connectivity index is 0.000000595. The van der Waals surface area contributed by atoms with Crippen molar-refractivity contribution in [3.05, 3.63) is 23.8 Å². The van der Waals surface area contributed by atoms with Gasteiger partial charge in [-0.15, -0.1) is 0 Å². The minimum Gasteiger partial charge on any atom is -0.386 e. The number of allylic oxidation sites excluding steroid dienone is 2. The molecule has 6 heteroatoms. The number of hydrogen-bond donors (Lipinski definition) is 2. The highest BCUT2D eigenvalue weighted by atomic mass is 19.3. The van der Waals surface area contributed by atoms with Crippen molar-refractivity contribution in [1.82, 2.24) is 5.32 Å². The van der Waals surface area contributed by atoms with Crippen LogP contribution in [-0.2, 0) is 14.5 Å². The Kier molecular flexibility index (Phi) is 5.28. The average molecular weight is 327 g/mol. The Hall–Kier alpha value is -1.24. The zero-order chi connectivity index (χ0) is 17.3. The van der Waals surface area contributed by atoms with Gasteiger partial charge in [-0.05, 0) is 43.2 Å². The minimum atomic E-state index is -0.715. The van der Waals surface area contributed by atoms with Crippen LogP contribution < -0.4 is 5.32 Å². The van der Waals surface area contributed by atoms with E-state index < -0.39 is 17.2 Å². The molecule has 0 saturated carbocycles.